The van der Waals surface area contributed by atoms with Crippen LogP contribution in [0.5, 0.6) is 0 Å². The van der Waals surface area contributed by atoms with Crippen molar-refractivity contribution in [2.24, 2.45) is 0 Å². The van der Waals surface area contributed by atoms with E-state index in [4.69, 9.17) is 0 Å². The highest BCUT2D eigenvalue weighted by molar-refractivity contribution is 7.20. The van der Waals surface area contributed by atoms with Gasteiger partial charge >= 0.3 is 0 Å². The number of carbonyl (C=O) groups excluding carboxylic acids is 2. The van der Waals surface area contributed by atoms with E-state index in [2.05, 4.69) is 15.6 Å². The number of hydrogen-bond donors (Lipinski definition) is 2. The number of para-hydroxylation sites is 1. The third kappa shape index (κ3) is 4.40. The number of halogens is 1. The Hall–Kier alpha value is -3.85. The molecule has 168 valence electrons. The van der Waals surface area contributed by atoms with E-state index in [0.717, 1.165) is 16.9 Å². The molecule has 2 heterocycles. The van der Waals surface area contributed by atoms with E-state index < -0.39 is 23.3 Å². The minimum atomic E-state index is -0.872. The lowest BCUT2D eigenvalue weighted by Crippen LogP contribution is -2.31. The first kappa shape index (κ1) is 22.3. The van der Waals surface area contributed by atoms with E-state index in [-0.39, 0.29) is 5.91 Å². The second-order valence-corrected chi connectivity index (χ2v) is 8.63. The maximum atomic E-state index is 13.2. The summed E-state index contributed by atoms with van der Waals surface area (Å²) in [5.41, 5.74) is 2.13. The summed E-state index contributed by atoms with van der Waals surface area (Å²) in [7, 11) is 0. The lowest BCUT2D eigenvalue weighted by atomic mass is 10.1. The molecule has 0 aliphatic carbocycles. The standard InChI is InChI=1S/C24H21FN4O3S/c1-13-6-4-5-7-18(13)28-22(31)20-14(2)19-23(33-20)26-12-29(24(19)32)15(3)21(30)27-17-10-8-16(25)9-11-17/h4-12,15H,1-3H3,(H,27,30)(H,28,31). The first-order valence-corrected chi connectivity index (χ1v) is 11.0. The van der Waals surface area contributed by atoms with Gasteiger partial charge in [-0.15, -0.1) is 11.3 Å². The molecule has 2 aromatic heterocycles. The fourth-order valence-electron chi connectivity index (χ4n) is 3.43. The van der Waals surface area contributed by atoms with Gasteiger partial charge in [0, 0.05) is 11.4 Å². The van der Waals surface area contributed by atoms with Crippen molar-refractivity contribution in [2.75, 3.05) is 10.6 Å². The Kier molecular flexibility index (Phi) is 6.06. The Balaban J connectivity index is 1.63. The van der Waals surface area contributed by atoms with Gasteiger partial charge in [-0.2, -0.15) is 0 Å². The Morgan fingerprint density at radius 1 is 1.06 bits per heavy atom. The Morgan fingerprint density at radius 3 is 2.45 bits per heavy atom. The van der Waals surface area contributed by atoms with Gasteiger partial charge in [0.05, 0.1) is 16.6 Å². The molecule has 0 bridgehead atoms. The number of nitrogens with zero attached hydrogens (tertiary/aromatic N) is 2. The molecule has 0 fully saturated rings. The highest BCUT2D eigenvalue weighted by atomic mass is 32.1. The predicted molar refractivity (Wildman–Crippen MR) is 127 cm³/mol. The molecule has 9 heteroatoms. The van der Waals surface area contributed by atoms with Gasteiger partial charge in [0.1, 0.15) is 16.7 Å². The van der Waals surface area contributed by atoms with E-state index in [1.807, 2.05) is 31.2 Å². The summed E-state index contributed by atoms with van der Waals surface area (Å²) in [5, 5.41) is 5.84. The number of aryl methyl sites for hydroxylation is 2. The maximum absolute atomic E-state index is 13.2. The van der Waals surface area contributed by atoms with Crippen LogP contribution >= 0.6 is 11.3 Å². The van der Waals surface area contributed by atoms with Crippen LogP contribution in [0.4, 0.5) is 15.8 Å². The van der Waals surface area contributed by atoms with Gasteiger partial charge in [0.15, 0.2) is 0 Å². The van der Waals surface area contributed by atoms with Crippen LogP contribution < -0.4 is 16.2 Å². The normalized spacial score (nSPS) is 11.9. The van der Waals surface area contributed by atoms with Crippen LogP contribution in [-0.2, 0) is 4.79 Å². The van der Waals surface area contributed by atoms with Crippen LogP contribution in [-0.4, -0.2) is 21.4 Å². The number of thiophene rings is 1. The van der Waals surface area contributed by atoms with Crippen LogP contribution in [0.25, 0.3) is 10.2 Å². The van der Waals surface area contributed by atoms with Gasteiger partial charge < -0.3 is 10.6 Å². The molecule has 2 aromatic carbocycles. The van der Waals surface area contributed by atoms with Gasteiger partial charge in [-0.25, -0.2) is 9.37 Å². The Labute approximate surface area is 192 Å². The minimum absolute atomic E-state index is 0.305. The van der Waals surface area contributed by atoms with Crippen molar-refractivity contribution in [1.82, 2.24) is 9.55 Å². The van der Waals surface area contributed by atoms with E-state index in [1.165, 1.54) is 35.2 Å². The third-order valence-corrected chi connectivity index (χ3v) is 6.58. The number of aromatic nitrogens is 2. The first-order valence-electron chi connectivity index (χ1n) is 10.2. The highest BCUT2D eigenvalue weighted by Crippen LogP contribution is 2.28. The molecule has 1 unspecified atom stereocenters. The SMILES string of the molecule is Cc1ccccc1NC(=O)c1sc2ncn(C(C)C(=O)Nc3ccc(F)cc3)c(=O)c2c1C. The van der Waals surface area contributed by atoms with Gasteiger partial charge in [0.25, 0.3) is 11.5 Å². The van der Waals surface area contributed by atoms with Crippen LogP contribution in [0.1, 0.15) is 33.8 Å². The minimum Gasteiger partial charge on any atom is -0.324 e. The van der Waals surface area contributed by atoms with Crippen molar-refractivity contribution < 1.29 is 14.0 Å². The Morgan fingerprint density at radius 2 is 1.76 bits per heavy atom. The molecule has 0 saturated heterocycles. The van der Waals surface area contributed by atoms with Gasteiger partial charge in [-0.3, -0.25) is 19.0 Å². The van der Waals surface area contributed by atoms with Crippen molar-refractivity contribution in [3.05, 3.63) is 87.0 Å². The molecule has 1 atom stereocenters. The van der Waals surface area contributed by atoms with E-state index in [0.29, 0.717) is 32.0 Å². The van der Waals surface area contributed by atoms with Crippen LogP contribution in [0.3, 0.4) is 0 Å². The van der Waals surface area contributed by atoms with Crippen LogP contribution in [0, 0.1) is 19.7 Å². The number of rotatable bonds is 5. The molecule has 7 nitrogen and oxygen atoms in total. The topological polar surface area (TPSA) is 93.1 Å². The summed E-state index contributed by atoms with van der Waals surface area (Å²) >= 11 is 1.13. The molecule has 0 aliphatic heterocycles. The second kappa shape index (κ2) is 8.95. The summed E-state index contributed by atoms with van der Waals surface area (Å²) in [6.45, 7) is 5.16. The van der Waals surface area contributed by atoms with Crippen LogP contribution in [0.15, 0.2) is 59.7 Å². The lowest BCUT2D eigenvalue weighted by Gasteiger charge is -2.15. The van der Waals surface area contributed by atoms with Gasteiger partial charge in [0.2, 0.25) is 5.91 Å². The average molecular weight is 465 g/mol. The van der Waals surface area contributed by atoms with Gasteiger partial charge in [-0.1, -0.05) is 18.2 Å². The molecule has 0 saturated carbocycles. The summed E-state index contributed by atoms with van der Waals surface area (Å²) in [6.07, 6.45) is 1.30. The quantitative estimate of drug-likeness (QED) is 0.449. The van der Waals surface area contributed by atoms with Crippen molar-refractivity contribution in [3.63, 3.8) is 0 Å². The number of hydrogen-bond acceptors (Lipinski definition) is 5. The molecule has 0 aliphatic rings. The number of fused-ring (bicyclic) bond motifs is 1. The molecule has 4 aromatic rings. The smallest absolute Gasteiger partial charge is 0.266 e. The summed E-state index contributed by atoms with van der Waals surface area (Å²) < 4.78 is 14.3. The summed E-state index contributed by atoms with van der Waals surface area (Å²) in [5.74, 6) is -1.18. The molecule has 0 spiro atoms. The maximum Gasteiger partial charge on any atom is 0.266 e. The van der Waals surface area contributed by atoms with Gasteiger partial charge in [-0.05, 0) is 62.2 Å². The number of benzene rings is 2. The molecule has 2 N–H and O–H groups in total. The summed E-state index contributed by atoms with van der Waals surface area (Å²) in [4.78, 5) is 43.9. The number of amides is 2. The second-order valence-electron chi connectivity index (χ2n) is 7.63. The number of anilines is 2. The molecular weight excluding hydrogens is 443 g/mol. The number of nitrogens with one attached hydrogen (secondary N) is 2. The largest absolute Gasteiger partial charge is 0.324 e. The van der Waals surface area contributed by atoms with Crippen molar-refractivity contribution in [3.8, 4) is 0 Å². The zero-order valence-corrected chi connectivity index (χ0v) is 19.0. The predicted octanol–water partition coefficient (Wildman–Crippen LogP) is 4.67. The zero-order chi connectivity index (χ0) is 23.7. The first-order chi connectivity index (χ1) is 15.8. The van der Waals surface area contributed by atoms with Crippen molar-refractivity contribution in [1.29, 1.82) is 0 Å². The number of carbonyl (C=O) groups is 2. The monoisotopic (exact) mass is 464 g/mol. The van der Waals surface area contributed by atoms with E-state index in [9.17, 15) is 18.8 Å². The molecular formula is C24H21FN4O3S. The highest BCUT2D eigenvalue weighted by Gasteiger charge is 2.23. The van der Waals surface area contributed by atoms with Crippen molar-refractivity contribution >= 4 is 44.7 Å². The fraction of sp³-hybridized carbons (Fsp3) is 0.167. The molecule has 33 heavy (non-hydrogen) atoms. The molecule has 2 amide bonds. The fourth-order valence-corrected chi connectivity index (χ4v) is 4.46. The summed E-state index contributed by atoms with van der Waals surface area (Å²) in [6, 6.07) is 11.9. The van der Waals surface area contributed by atoms with E-state index in [1.54, 1.807) is 13.8 Å². The third-order valence-electron chi connectivity index (χ3n) is 5.38. The average Bonchev–Trinajstić information content (AvgIpc) is 3.14. The van der Waals surface area contributed by atoms with E-state index >= 15 is 0 Å². The Bertz CT molecular complexity index is 1430. The molecule has 0 radical (unpaired) electrons. The molecule has 4 rings (SSSR count). The zero-order valence-electron chi connectivity index (χ0n) is 18.2. The lowest BCUT2D eigenvalue weighted by molar-refractivity contribution is -0.118. The van der Waals surface area contributed by atoms with Crippen LogP contribution in [0.2, 0.25) is 0 Å². The van der Waals surface area contributed by atoms with Crippen molar-refractivity contribution in [2.45, 2.75) is 26.8 Å².